The molecule has 3 fully saturated rings. The van der Waals surface area contributed by atoms with Crippen molar-refractivity contribution in [3.63, 3.8) is 0 Å². The van der Waals surface area contributed by atoms with Crippen molar-refractivity contribution < 1.29 is 24.2 Å². The fourth-order valence-electron chi connectivity index (χ4n) is 4.38. The van der Waals surface area contributed by atoms with Crippen LogP contribution >= 0.6 is 0 Å². The number of nitrogens with one attached hydrogen (secondary N) is 1. The van der Waals surface area contributed by atoms with Gasteiger partial charge in [0.15, 0.2) is 0 Å². The van der Waals surface area contributed by atoms with Gasteiger partial charge in [-0.1, -0.05) is 6.92 Å². The van der Waals surface area contributed by atoms with Crippen LogP contribution in [0.1, 0.15) is 51.9 Å². The molecule has 0 spiro atoms. The van der Waals surface area contributed by atoms with Gasteiger partial charge in [0.05, 0.1) is 44.4 Å². The van der Waals surface area contributed by atoms with E-state index in [0.29, 0.717) is 19.6 Å². The lowest BCUT2D eigenvalue weighted by molar-refractivity contribution is -0.155. The molecule has 3 heterocycles. The largest absolute Gasteiger partial charge is 0.389 e. The Bertz CT molecular complexity index is 526. The molecular formula is C20H35N3O5. The molecule has 0 aromatic heterocycles. The molecule has 0 radical (unpaired) electrons. The van der Waals surface area contributed by atoms with Crippen LogP contribution in [-0.4, -0.2) is 90.6 Å². The Morgan fingerprint density at radius 2 is 1.93 bits per heavy atom. The molecule has 3 rings (SSSR count). The second-order valence-corrected chi connectivity index (χ2v) is 8.16. The molecule has 0 saturated carbocycles. The van der Waals surface area contributed by atoms with Crippen molar-refractivity contribution in [3.05, 3.63) is 0 Å². The summed E-state index contributed by atoms with van der Waals surface area (Å²) in [5.74, 6) is 0.169. The molecule has 3 aliphatic heterocycles. The van der Waals surface area contributed by atoms with Gasteiger partial charge in [-0.3, -0.25) is 4.79 Å². The normalized spacial score (nSPS) is 31.5. The minimum Gasteiger partial charge on any atom is -0.389 e. The van der Waals surface area contributed by atoms with Crippen LogP contribution in [-0.2, 0) is 14.3 Å². The van der Waals surface area contributed by atoms with E-state index in [9.17, 15) is 14.7 Å². The molecule has 0 aliphatic carbocycles. The van der Waals surface area contributed by atoms with E-state index in [1.54, 1.807) is 4.90 Å². The maximum Gasteiger partial charge on any atom is 0.317 e. The number of fused-ring (bicyclic) bond motifs is 1. The van der Waals surface area contributed by atoms with E-state index in [1.165, 1.54) is 6.42 Å². The number of nitrogens with zero attached hydrogens (tertiary/aromatic N) is 2. The van der Waals surface area contributed by atoms with Crippen LogP contribution in [0.5, 0.6) is 0 Å². The van der Waals surface area contributed by atoms with Gasteiger partial charge >= 0.3 is 6.03 Å². The summed E-state index contributed by atoms with van der Waals surface area (Å²) in [6, 6.07) is -0.308. The number of aliphatic hydroxyl groups is 1. The third-order valence-corrected chi connectivity index (χ3v) is 5.88. The highest BCUT2D eigenvalue weighted by atomic mass is 16.5. The van der Waals surface area contributed by atoms with E-state index in [0.717, 1.165) is 45.2 Å². The fourth-order valence-corrected chi connectivity index (χ4v) is 4.38. The number of piperidine rings is 1. The van der Waals surface area contributed by atoms with Crippen molar-refractivity contribution in [2.45, 2.75) is 76.2 Å². The van der Waals surface area contributed by atoms with Crippen LogP contribution in [0.4, 0.5) is 4.79 Å². The lowest BCUT2D eigenvalue weighted by Gasteiger charge is -2.44. The Hall–Kier alpha value is -1.38. The summed E-state index contributed by atoms with van der Waals surface area (Å²) < 4.78 is 11.8. The number of ether oxygens (including phenoxy) is 2. The van der Waals surface area contributed by atoms with Crippen molar-refractivity contribution in [1.82, 2.24) is 15.1 Å². The highest BCUT2D eigenvalue weighted by molar-refractivity contribution is 5.77. The Labute approximate surface area is 167 Å². The number of urea groups is 1. The summed E-state index contributed by atoms with van der Waals surface area (Å²) >= 11 is 0. The number of likely N-dealkylation sites (tertiary alicyclic amines) is 1. The monoisotopic (exact) mass is 397 g/mol. The lowest BCUT2D eigenvalue weighted by Crippen LogP contribution is -2.59. The molecular weight excluding hydrogens is 362 g/mol. The van der Waals surface area contributed by atoms with Gasteiger partial charge in [-0.05, 0) is 38.5 Å². The van der Waals surface area contributed by atoms with Crippen molar-refractivity contribution in [3.8, 4) is 0 Å². The third-order valence-electron chi connectivity index (χ3n) is 5.88. The Balaban J connectivity index is 1.60. The van der Waals surface area contributed by atoms with Crippen LogP contribution in [0, 0.1) is 0 Å². The zero-order chi connectivity index (χ0) is 19.9. The van der Waals surface area contributed by atoms with E-state index in [1.807, 2.05) is 11.8 Å². The molecule has 4 atom stereocenters. The number of hydrogen-bond donors (Lipinski definition) is 2. The molecule has 8 heteroatoms. The average Bonchev–Trinajstić information content (AvgIpc) is 2.70. The number of β-amino-alcohol motifs (C(OH)–C–C–N with tert-alkyl or cyclic N) is 1. The number of carbonyl (C=O) groups excluding carboxylic acids is 2. The Morgan fingerprint density at radius 1 is 1.14 bits per heavy atom. The van der Waals surface area contributed by atoms with Gasteiger partial charge < -0.3 is 29.7 Å². The van der Waals surface area contributed by atoms with Crippen molar-refractivity contribution in [2.75, 3.05) is 39.4 Å². The van der Waals surface area contributed by atoms with Crippen molar-refractivity contribution in [2.24, 2.45) is 0 Å². The Kier molecular flexibility index (Phi) is 7.93. The summed E-state index contributed by atoms with van der Waals surface area (Å²) in [7, 11) is 0. The lowest BCUT2D eigenvalue weighted by atomic mass is 9.94. The highest BCUT2D eigenvalue weighted by Crippen LogP contribution is 2.28. The van der Waals surface area contributed by atoms with Crippen LogP contribution in [0.25, 0.3) is 0 Å². The maximum absolute atomic E-state index is 12.6. The van der Waals surface area contributed by atoms with E-state index >= 15 is 0 Å². The van der Waals surface area contributed by atoms with Crippen LogP contribution in [0.15, 0.2) is 0 Å². The predicted molar refractivity (Wildman–Crippen MR) is 104 cm³/mol. The first-order valence-electron chi connectivity index (χ1n) is 10.8. The van der Waals surface area contributed by atoms with Gasteiger partial charge in [-0.25, -0.2) is 4.79 Å². The van der Waals surface area contributed by atoms with Gasteiger partial charge in [-0.15, -0.1) is 0 Å². The second-order valence-electron chi connectivity index (χ2n) is 8.16. The van der Waals surface area contributed by atoms with Crippen molar-refractivity contribution >= 4 is 11.9 Å². The van der Waals surface area contributed by atoms with Crippen molar-refractivity contribution in [1.29, 1.82) is 0 Å². The molecule has 0 bridgehead atoms. The maximum atomic E-state index is 12.6. The average molecular weight is 398 g/mol. The standard InChI is InChI=1S/C20H35N3O5/c1-2-8-21-20(26)23-12-15(24)13-27-14-18-17(23)7-6-16(28-18)11-19(25)22-9-4-3-5-10-22/h15-18,24H,2-14H2,1H3,(H,21,26)/t15-,16+,17-,18+/m0/s1. The number of aliphatic hydroxyl groups excluding tert-OH is 1. The minimum absolute atomic E-state index is 0.135. The van der Waals surface area contributed by atoms with Gasteiger partial charge in [0, 0.05) is 19.6 Å². The quantitative estimate of drug-likeness (QED) is 0.742. The summed E-state index contributed by atoms with van der Waals surface area (Å²) in [5, 5.41) is 13.0. The van der Waals surface area contributed by atoms with Gasteiger partial charge in [0.25, 0.3) is 0 Å². The van der Waals surface area contributed by atoms with E-state index < -0.39 is 6.10 Å². The molecule has 3 saturated heterocycles. The molecule has 3 amide bonds. The van der Waals surface area contributed by atoms with Gasteiger partial charge in [0.2, 0.25) is 5.91 Å². The smallest absolute Gasteiger partial charge is 0.317 e. The topological polar surface area (TPSA) is 91.3 Å². The number of carbonyl (C=O) groups is 2. The molecule has 3 aliphatic rings. The SMILES string of the molecule is CCCNC(=O)N1C[C@H](O)COC[C@H]2O[C@@H](CC(=O)N3CCCCC3)CC[C@@H]21. The summed E-state index contributed by atoms with van der Waals surface area (Å²) in [5.41, 5.74) is 0. The zero-order valence-electron chi connectivity index (χ0n) is 17.0. The molecule has 0 aromatic carbocycles. The third kappa shape index (κ3) is 5.58. The fraction of sp³-hybridized carbons (Fsp3) is 0.900. The predicted octanol–water partition coefficient (Wildman–Crippen LogP) is 1.12. The first kappa shape index (κ1) is 21.3. The first-order valence-corrected chi connectivity index (χ1v) is 10.8. The van der Waals surface area contributed by atoms with Crippen LogP contribution < -0.4 is 5.32 Å². The molecule has 8 nitrogen and oxygen atoms in total. The highest BCUT2D eigenvalue weighted by Gasteiger charge is 2.40. The molecule has 160 valence electrons. The van der Waals surface area contributed by atoms with Crippen LogP contribution in [0.3, 0.4) is 0 Å². The molecule has 0 aromatic rings. The Morgan fingerprint density at radius 3 is 2.68 bits per heavy atom. The van der Waals surface area contributed by atoms with Gasteiger partial charge in [0.1, 0.15) is 6.10 Å². The second kappa shape index (κ2) is 10.4. The molecule has 0 unspecified atom stereocenters. The number of amides is 3. The summed E-state index contributed by atoms with van der Waals surface area (Å²) in [6.45, 7) is 5.06. The zero-order valence-corrected chi connectivity index (χ0v) is 17.0. The van der Waals surface area contributed by atoms with Crippen LogP contribution in [0.2, 0.25) is 0 Å². The number of hydrogen-bond acceptors (Lipinski definition) is 5. The van der Waals surface area contributed by atoms with E-state index in [-0.39, 0.29) is 43.3 Å². The molecule has 2 N–H and O–H groups in total. The number of rotatable bonds is 4. The molecule has 28 heavy (non-hydrogen) atoms. The first-order chi connectivity index (χ1) is 13.6. The minimum atomic E-state index is -0.702. The van der Waals surface area contributed by atoms with Gasteiger partial charge in [-0.2, -0.15) is 0 Å². The van der Waals surface area contributed by atoms with E-state index in [2.05, 4.69) is 5.32 Å². The summed E-state index contributed by atoms with van der Waals surface area (Å²) in [6.07, 6.45) is 4.99. The summed E-state index contributed by atoms with van der Waals surface area (Å²) in [4.78, 5) is 28.9. The van der Waals surface area contributed by atoms with E-state index in [4.69, 9.17) is 9.47 Å².